The minimum atomic E-state index is -0.123. The molecule has 4 heteroatoms. The Morgan fingerprint density at radius 2 is 2.20 bits per heavy atom. The fraction of sp³-hybridized carbons (Fsp3) is 0.625. The Hall–Kier alpha value is -0.450. The van der Waals surface area contributed by atoms with Crippen molar-refractivity contribution in [1.29, 1.82) is 0 Å². The Morgan fingerprint density at radius 3 is 3.00 bits per heavy atom. The van der Waals surface area contributed by atoms with Gasteiger partial charge in [0, 0.05) is 22.6 Å². The van der Waals surface area contributed by atoms with Crippen LogP contribution >= 0.6 is 15.9 Å². The lowest BCUT2D eigenvalue weighted by atomic mass is 10.1. The molecule has 1 N–H and O–H groups in total. The summed E-state index contributed by atoms with van der Waals surface area (Å²) in [4.78, 5) is 2.54. The van der Waals surface area contributed by atoms with Crippen molar-refractivity contribution in [3.8, 4) is 0 Å². The van der Waals surface area contributed by atoms with Gasteiger partial charge in [0.25, 0.3) is 0 Å². The summed E-state index contributed by atoms with van der Waals surface area (Å²) in [5.41, 5.74) is 0.744. The van der Waals surface area contributed by atoms with Crippen LogP contribution in [0.5, 0.6) is 0 Å². The molecule has 1 saturated heterocycles. The molecule has 1 aliphatic rings. The Morgan fingerprint density at radius 1 is 1.35 bits per heavy atom. The van der Waals surface area contributed by atoms with E-state index in [-0.39, 0.29) is 5.82 Å². The Labute approximate surface area is 129 Å². The number of halogens is 2. The number of nitrogens with one attached hydrogen (secondary N) is 1. The average molecular weight is 343 g/mol. The fourth-order valence-corrected chi connectivity index (χ4v) is 3.24. The first kappa shape index (κ1) is 15.9. The normalized spacial score (nSPS) is 20.9. The molecule has 0 bridgehead atoms. The van der Waals surface area contributed by atoms with Gasteiger partial charge in [-0.3, -0.25) is 0 Å². The molecule has 2 rings (SSSR count). The van der Waals surface area contributed by atoms with E-state index in [1.54, 1.807) is 6.07 Å². The number of likely N-dealkylation sites (tertiary alicyclic amines) is 1. The molecule has 20 heavy (non-hydrogen) atoms. The van der Waals surface area contributed by atoms with Crippen molar-refractivity contribution in [3.05, 3.63) is 34.1 Å². The first-order valence-electron chi connectivity index (χ1n) is 7.58. The van der Waals surface area contributed by atoms with Crippen LogP contribution in [0.1, 0.15) is 38.2 Å². The largest absolute Gasteiger partial charge is 0.310 e. The molecule has 1 fully saturated rings. The fourth-order valence-electron chi connectivity index (χ4n) is 2.83. The third-order valence-electron chi connectivity index (χ3n) is 3.95. The summed E-state index contributed by atoms with van der Waals surface area (Å²) in [5, 5.41) is 3.52. The van der Waals surface area contributed by atoms with Gasteiger partial charge >= 0.3 is 0 Å². The van der Waals surface area contributed by atoms with Crippen molar-refractivity contribution in [2.45, 2.75) is 45.2 Å². The van der Waals surface area contributed by atoms with Crippen molar-refractivity contribution in [1.82, 2.24) is 10.2 Å². The maximum Gasteiger partial charge on any atom is 0.127 e. The van der Waals surface area contributed by atoms with Crippen LogP contribution in [0.15, 0.2) is 22.7 Å². The highest BCUT2D eigenvalue weighted by atomic mass is 79.9. The standard InChI is InChI=1S/C16H24BrFN2/c1-2-8-20-9-3-4-15(7-10-20)19-12-13-11-14(17)5-6-16(13)18/h5-6,11,15,19H,2-4,7-10,12H2,1H3. The van der Waals surface area contributed by atoms with Gasteiger partial charge in [0.05, 0.1) is 0 Å². The molecule has 1 aromatic rings. The van der Waals surface area contributed by atoms with Gasteiger partial charge in [0.15, 0.2) is 0 Å². The maximum atomic E-state index is 13.7. The van der Waals surface area contributed by atoms with E-state index in [9.17, 15) is 4.39 Å². The van der Waals surface area contributed by atoms with Crippen molar-refractivity contribution >= 4 is 15.9 Å². The number of nitrogens with zero attached hydrogens (tertiary/aromatic N) is 1. The van der Waals surface area contributed by atoms with E-state index in [0.29, 0.717) is 12.6 Å². The Balaban J connectivity index is 1.83. The molecular formula is C16H24BrFN2. The zero-order valence-electron chi connectivity index (χ0n) is 12.2. The molecule has 0 aromatic heterocycles. The van der Waals surface area contributed by atoms with Gasteiger partial charge < -0.3 is 10.2 Å². The van der Waals surface area contributed by atoms with Crippen molar-refractivity contribution in [3.63, 3.8) is 0 Å². The Kier molecular flexibility index (Phi) is 6.46. The van der Waals surface area contributed by atoms with Gasteiger partial charge in [0.2, 0.25) is 0 Å². The molecular weight excluding hydrogens is 319 g/mol. The number of rotatable bonds is 5. The van der Waals surface area contributed by atoms with E-state index in [4.69, 9.17) is 0 Å². The lowest BCUT2D eigenvalue weighted by Crippen LogP contribution is -2.31. The first-order valence-corrected chi connectivity index (χ1v) is 8.38. The smallest absolute Gasteiger partial charge is 0.127 e. The predicted octanol–water partition coefficient (Wildman–Crippen LogP) is 3.94. The van der Waals surface area contributed by atoms with Gasteiger partial charge in [-0.2, -0.15) is 0 Å². The van der Waals surface area contributed by atoms with Gasteiger partial charge in [-0.1, -0.05) is 22.9 Å². The summed E-state index contributed by atoms with van der Waals surface area (Å²) in [6.07, 6.45) is 4.81. The van der Waals surface area contributed by atoms with E-state index in [0.717, 1.165) is 23.0 Å². The van der Waals surface area contributed by atoms with E-state index in [2.05, 4.69) is 33.1 Å². The molecule has 112 valence electrons. The van der Waals surface area contributed by atoms with Gasteiger partial charge in [-0.05, 0) is 63.5 Å². The molecule has 0 saturated carbocycles. The van der Waals surface area contributed by atoms with Gasteiger partial charge in [-0.15, -0.1) is 0 Å². The zero-order chi connectivity index (χ0) is 14.4. The van der Waals surface area contributed by atoms with Crippen LogP contribution in [-0.4, -0.2) is 30.6 Å². The van der Waals surface area contributed by atoms with Crippen LogP contribution in [0.3, 0.4) is 0 Å². The summed E-state index contributed by atoms with van der Waals surface area (Å²) in [7, 11) is 0. The van der Waals surface area contributed by atoms with Crippen molar-refractivity contribution in [2.24, 2.45) is 0 Å². The van der Waals surface area contributed by atoms with Crippen molar-refractivity contribution in [2.75, 3.05) is 19.6 Å². The zero-order valence-corrected chi connectivity index (χ0v) is 13.8. The topological polar surface area (TPSA) is 15.3 Å². The van der Waals surface area contributed by atoms with Gasteiger partial charge in [-0.25, -0.2) is 4.39 Å². The summed E-state index contributed by atoms with van der Waals surface area (Å²) in [5.74, 6) is -0.123. The van der Waals surface area contributed by atoms with E-state index < -0.39 is 0 Å². The van der Waals surface area contributed by atoms with Crippen LogP contribution in [0, 0.1) is 5.82 Å². The molecule has 0 spiro atoms. The second kappa shape index (κ2) is 8.11. The Bertz CT molecular complexity index is 425. The molecule has 1 heterocycles. The first-order chi connectivity index (χ1) is 9.69. The third-order valence-corrected chi connectivity index (χ3v) is 4.44. The van der Waals surface area contributed by atoms with Crippen LogP contribution < -0.4 is 5.32 Å². The summed E-state index contributed by atoms with van der Waals surface area (Å²) >= 11 is 3.40. The number of hydrogen-bond donors (Lipinski definition) is 1. The second-order valence-corrected chi connectivity index (χ2v) is 6.50. The summed E-state index contributed by atoms with van der Waals surface area (Å²) in [6.45, 7) is 6.41. The lowest BCUT2D eigenvalue weighted by Gasteiger charge is -2.19. The highest BCUT2D eigenvalue weighted by Crippen LogP contribution is 2.17. The lowest BCUT2D eigenvalue weighted by molar-refractivity contribution is 0.282. The van der Waals surface area contributed by atoms with Crippen LogP contribution in [0.2, 0.25) is 0 Å². The maximum absolute atomic E-state index is 13.7. The molecule has 1 aliphatic heterocycles. The highest BCUT2D eigenvalue weighted by Gasteiger charge is 2.16. The SMILES string of the molecule is CCCN1CCCC(NCc2cc(Br)ccc2F)CC1. The van der Waals surface area contributed by atoms with Crippen LogP contribution in [-0.2, 0) is 6.54 Å². The average Bonchev–Trinajstić information content (AvgIpc) is 2.66. The van der Waals surface area contributed by atoms with E-state index in [1.807, 2.05) is 6.07 Å². The van der Waals surface area contributed by atoms with Gasteiger partial charge in [0.1, 0.15) is 5.82 Å². The molecule has 1 atom stereocenters. The van der Waals surface area contributed by atoms with E-state index in [1.165, 1.54) is 38.4 Å². The van der Waals surface area contributed by atoms with Crippen molar-refractivity contribution < 1.29 is 4.39 Å². The molecule has 2 nitrogen and oxygen atoms in total. The molecule has 0 radical (unpaired) electrons. The predicted molar refractivity (Wildman–Crippen MR) is 85.3 cm³/mol. The highest BCUT2D eigenvalue weighted by molar-refractivity contribution is 9.10. The van der Waals surface area contributed by atoms with E-state index >= 15 is 0 Å². The summed E-state index contributed by atoms with van der Waals surface area (Å²) < 4.78 is 14.6. The minimum Gasteiger partial charge on any atom is -0.310 e. The third kappa shape index (κ3) is 4.83. The van der Waals surface area contributed by atoms with Crippen LogP contribution in [0.4, 0.5) is 4.39 Å². The van der Waals surface area contributed by atoms with Crippen LogP contribution in [0.25, 0.3) is 0 Å². The molecule has 1 aromatic carbocycles. The second-order valence-electron chi connectivity index (χ2n) is 5.59. The number of benzene rings is 1. The summed E-state index contributed by atoms with van der Waals surface area (Å²) in [6, 6.07) is 5.64. The molecule has 0 aliphatic carbocycles. The minimum absolute atomic E-state index is 0.123. The number of hydrogen-bond acceptors (Lipinski definition) is 2. The monoisotopic (exact) mass is 342 g/mol. The molecule has 0 amide bonds. The quantitative estimate of drug-likeness (QED) is 0.871. The molecule has 1 unspecified atom stereocenters.